The van der Waals surface area contributed by atoms with Crippen LogP contribution in [0.3, 0.4) is 0 Å². The molecule has 0 bridgehead atoms. The van der Waals surface area contributed by atoms with E-state index in [4.69, 9.17) is 9.47 Å². The number of fused-ring (bicyclic) bond motifs is 2. The average Bonchev–Trinajstić information content (AvgIpc) is 3.11. The summed E-state index contributed by atoms with van der Waals surface area (Å²) in [6, 6.07) is 14.9. The zero-order chi connectivity index (χ0) is 17.6. The van der Waals surface area contributed by atoms with Gasteiger partial charge in [0.1, 0.15) is 0 Å². The van der Waals surface area contributed by atoms with E-state index in [0.29, 0.717) is 0 Å². The summed E-state index contributed by atoms with van der Waals surface area (Å²) < 4.78 is 11.0. The highest BCUT2D eigenvalue weighted by Crippen LogP contribution is 2.42. The van der Waals surface area contributed by atoms with E-state index in [9.17, 15) is 0 Å². The summed E-state index contributed by atoms with van der Waals surface area (Å²) in [4.78, 5) is 0. The molecule has 0 spiro atoms. The third kappa shape index (κ3) is 2.41. The lowest BCUT2D eigenvalue weighted by Crippen LogP contribution is -1.97. The monoisotopic (exact) mass is 330 g/mol. The highest BCUT2D eigenvalue weighted by molar-refractivity contribution is 6.00. The van der Waals surface area contributed by atoms with Crippen LogP contribution in [0.1, 0.15) is 27.8 Å². The molecule has 1 aliphatic carbocycles. The fraction of sp³-hybridized carbons (Fsp3) is 0.217. The molecule has 2 nitrogen and oxygen atoms in total. The lowest BCUT2D eigenvalue weighted by Gasteiger charge is -2.16. The van der Waals surface area contributed by atoms with Gasteiger partial charge in [-0.1, -0.05) is 36.4 Å². The molecular formula is C23H22O2. The average molecular weight is 330 g/mol. The molecule has 2 heteroatoms. The molecule has 3 aromatic carbocycles. The Hall–Kier alpha value is -2.74. The van der Waals surface area contributed by atoms with Crippen molar-refractivity contribution in [2.24, 2.45) is 0 Å². The molecule has 25 heavy (non-hydrogen) atoms. The van der Waals surface area contributed by atoms with Crippen molar-refractivity contribution in [2.45, 2.75) is 20.3 Å². The Morgan fingerprint density at radius 2 is 1.40 bits per heavy atom. The summed E-state index contributed by atoms with van der Waals surface area (Å²) in [6.07, 6.45) is 3.33. The molecule has 126 valence electrons. The smallest absolute Gasteiger partial charge is 0.161 e. The van der Waals surface area contributed by atoms with Gasteiger partial charge in [0, 0.05) is 0 Å². The first-order chi connectivity index (χ1) is 12.1. The van der Waals surface area contributed by atoms with Crippen molar-refractivity contribution in [2.75, 3.05) is 14.2 Å². The first-order valence-corrected chi connectivity index (χ1v) is 8.57. The molecule has 1 aliphatic rings. The quantitative estimate of drug-likeness (QED) is 0.625. The van der Waals surface area contributed by atoms with Crippen LogP contribution >= 0.6 is 0 Å². The second-order valence-corrected chi connectivity index (χ2v) is 6.61. The van der Waals surface area contributed by atoms with Gasteiger partial charge in [-0.3, -0.25) is 0 Å². The summed E-state index contributed by atoms with van der Waals surface area (Å²) in [5, 5.41) is 2.48. The van der Waals surface area contributed by atoms with Crippen molar-refractivity contribution in [3.05, 3.63) is 70.3 Å². The lowest BCUT2D eigenvalue weighted by atomic mass is 9.91. The number of allylic oxidation sites excluding steroid dienone is 1. The van der Waals surface area contributed by atoms with E-state index in [1.165, 1.54) is 44.2 Å². The van der Waals surface area contributed by atoms with Crippen LogP contribution in [0, 0.1) is 13.8 Å². The van der Waals surface area contributed by atoms with Crippen LogP contribution < -0.4 is 9.47 Å². The number of benzene rings is 3. The molecule has 0 aliphatic heterocycles. The van der Waals surface area contributed by atoms with E-state index in [0.717, 1.165) is 17.9 Å². The number of hydrogen-bond donors (Lipinski definition) is 0. The Morgan fingerprint density at radius 3 is 2.00 bits per heavy atom. The van der Waals surface area contributed by atoms with Gasteiger partial charge in [0.05, 0.1) is 14.2 Å². The molecule has 0 unspecified atom stereocenters. The van der Waals surface area contributed by atoms with E-state index < -0.39 is 0 Å². The molecule has 0 atom stereocenters. The molecule has 0 N–H and O–H groups in total. The maximum Gasteiger partial charge on any atom is 0.161 e. The van der Waals surface area contributed by atoms with Gasteiger partial charge in [-0.05, 0) is 76.6 Å². The highest BCUT2D eigenvalue weighted by atomic mass is 16.5. The van der Waals surface area contributed by atoms with Crippen molar-refractivity contribution in [3.8, 4) is 11.5 Å². The summed E-state index contributed by atoms with van der Waals surface area (Å²) in [6.45, 7) is 4.42. The van der Waals surface area contributed by atoms with Gasteiger partial charge < -0.3 is 9.47 Å². The summed E-state index contributed by atoms with van der Waals surface area (Å²) in [5.41, 5.74) is 8.11. The van der Waals surface area contributed by atoms with Crippen molar-refractivity contribution < 1.29 is 9.47 Å². The molecule has 4 rings (SSSR count). The SMILES string of the molecule is COc1cc2c(C)c3c(c(C)c2cc1OC)CC(c1ccccc1)=C3. The van der Waals surface area contributed by atoms with Crippen LogP contribution in [0.25, 0.3) is 22.4 Å². The van der Waals surface area contributed by atoms with Crippen molar-refractivity contribution >= 4 is 22.4 Å². The van der Waals surface area contributed by atoms with Gasteiger partial charge in [0.25, 0.3) is 0 Å². The van der Waals surface area contributed by atoms with Crippen molar-refractivity contribution in [3.63, 3.8) is 0 Å². The van der Waals surface area contributed by atoms with Gasteiger partial charge in [0.2, 0.25) is 0 Å². The largest absolute Gasteiger partial charge is 0.493 e. The van der Waals surface area contributed by atoms with Crippen LogP contribution in [0.4, 0.5) is 0 Å². The molecule has 0 saturated carbocycles. The van der Waals surface area contributed by atoms with E-state index in [1.54, 1.807) is 14.2 Å². The standard InChI is InChI=1S/C23H22O2/c1-14-18-10-17(16-8-6-5-7-9-16)11-19(18)15(2)21-13-23(25-4)22(24-3)12-20(14)21/h5-10,12-13H,11H2,1-4H3. The Kier molecular flexibility index (Phi) is 3.76. The van der Waals surface area contributed by atoms with Crippen LogP contribution in [0.15, 0.2) is 42.5 Å². The zero-order valence-corrected chi connectivity index (χ0v) is 15.1. The summed E-state index contributed by atoms with van der Waals surface area (Å²) >= 11 is 0. The summed E-state index contributed by atoms with van der Waals surface area (Å²) in [5.74, 6) is 1.56. The van der Waals surface area contributed by atoms with Crippen LogP contribution in [0.5, 0.6) is 11.5 Å². The molecule has 0 amide bonds. The van der Waals surface area contributed by atoms with Crippen molar-refractivity contribution in [1.29, 1.82) is 0 Å². The molecule has 3 aromatic rings. The first kappa shape index (κ1) is 15.8. The molecule has 0 radical (unpaired) electrons. The number of ether oxygens (including phenoxy) is 2. The molecule has 0 saturated heterocycles. The minimum Gasteiger partial charge on any atom is -0.493 e. The number of aryl methyl sites for hydroxylation is 2. The third-order valence-electron chi connectivity index (χ3n) is 5.34. The topological polar surface area (TPSA) is 18.5 Å². The Morgan fingerprint density at radius 1 is 0.800 bits per heavy atom. The number of hydrogen-bond acceptors (Lipinski definition) is 2. The van der Waals surface area contributed by atoms with Gasteiger partial charge in [0.15, 0.2) is 11.5 Å². The van der Waals surface area contributed by atoms with Gasteiger partial charge in [-0.2, -0.15) is 0 Å². The second-order valence-electron chi connectivity index (χ2n) is 6.61. The predicted molar refractivity (Wildman–Crippen MR) is 105 cm³/mol. The minimum absolute atomic E-state index is 0.780. The van der Waals surface area contributed by atoms with Crippen LogP contribution in [0.2, 0.25) is 0 Å². The number of methoxy groups -OCH3 is 2. The second kappa shape index (κ2) is 5.96. The molecule has 0 heterocycles. The van der Waals surface area contributed by atoms with E-state index >= 15 is 0 Å². The Bertz CT molecular complexity index is 998. The Labute approximate surface area is 148 Å². The summed E-state index contributed by atoms with van der Waals surface area (Å²) in [7, 11) is 3.38. The number of rotatable bonds is 3. The van der Waals surface area contributed by atoms with Crippen LogP contribution in [-0.2, 0) is 6.42 Å². The maximum atomic E-state index is 5.51. The first-order valence-electron chi connectivity index (χ1n) is 8.57. The molecule has 0 fully saturated rings. The fourth-order valence-corrected chi connectivity index (χ4v) is 3.91. The predicted octanol–water partition coefficient (Wildman–Crippen LogP) is 5.57. The minimum atomic E-state index is 0.780. The van der Waals surface area contributed by atoms with Gasteiger partial charge >= 0.3 is 0 Å². The highest BCUT2D eigenvalue weighted by Gasteiger charge is 2.22. The van der Waals surface area contributed by atoms with E-state index in [-0.39, 0.29) is 0 Å². The third-order valence-corrected chi connectivity index (χ3v) is 5.34. The van der Waals surface area contributed by atoms with Gasteiger partial charge in [-0.15, -0.1) is 0 Å². The Balaban J connectivity index is 1.95. The van der Waals surface area contributed by atoms with Crippen molar-refractivity contribution in [1.82, 2.24) is 0 Å². The van der Waals surface area contributed by atoms with Crippen LogP contribution in [-0.4, -0.2) is 14.2 Å². The zero-order valence-electron chi connectivity index (χ0n) is 15.1. The normalized spacial score (nSPS) is 12.9. The molecule has 0 aromatic heterocycles. The maximum absolute atomic E-state index is 5.51. The lowest BCUT2D eigenvalue weighted by molar-refractivity contribution is 0.356. The van der Waals surface area contributed by atoms with E-state index in [1.807, 2.05) is 0 Å². The fourth-order valence-electron chi connectivity index (χ4n) is 3.91. The molecular weight excluding hydrogens is 308 g/mol. The van der Waals surface area contributed by atoms with Gasteiger partial charge in [-0.25, -0.2) is 0 Å². The van der Waals surface area contributed by atoms with E-state index in [2.05, 4.69) is 62.4 Å².